The first-order chi connectivity index (χ1) is 14.3. The van der Waals surface area contributed by atoms with E-state index in [9.17, 15) is 0 Å². The molecule has 0 atom stereocenters. The molecule has 1 fully saturated rings. The Balaban J connectivity index is 1.74. The highest BCUT2D eigenvalue weighted by molar-refractivity contribution is 7.71. The molecule has 0 amide bonds. The number of likely N-dealkylation sites (tertiary alicyclic amines) is 1. The van der Waals surface area contributed by atoms with Gasteiger partial charge in [-0.05, 0) is 54.1 Å². The fourth-order valence-electron chi connectivity index (χ4n) is 4.17. The summed E-state index contributed by atoms with van der Waals surface area (Å²) < 4.78 is 4.91. The van der Waals surface area contributed by atoms with Gasteiger partial charge >= 0.3 is 0 Å². The fourth-order valence-corrected chi connectivity index (χ4v) is 4.46. The molecule has 2 heterocycles. The van der Waals surface area contributed by atoms with Gasteiger partial charge in [-0.2, -0.15) is 4.68 Å². The average molecular weight is 422 g/mol. The highest BCUT2D eigenvalue weighted by Crippen LogP contribution is 2.27. The highest BCUT2D eigenvalue weighted by atomic mass is 32.1. The normalized spacial score (nSPS) is 19.7. The summed E-state index contributed by atoms with van der Waals surface area (Å²) in [6.45, 7) is 12.3. The van der Waals surface area contributed by atoms with Crippen molar-refractivity contribution in [1.29, 1.82) is 0 Å². The fraction of sp³-hybridized carbons (Fsp3) is 0.440. The molecule has 0 radical (unpaired) electrons. The van der Waals surface area contributed by atoms with Gasteiger partial charge in [-0.15, -0.1) is 5.10 Å². The Morgan fingerprint density at radius 1 is 1.00 bits per heavy atom. The lowest BCUT2D eigenvalue weighted by molar-refractivity contribution is -0.929. The van der Waals surface area contributed by atoms with Crippen molar-refractivity contribution in [1.82, 2.24) is 14.3 Å². The SMILES string of the molecule is CC1CC[NH+](Cn2nc(-c3ccc(C(C)(C)C)cc3)n(-c3ccccc3)c2=S)CC1. The first-order valence-corrected chi connectivity index (χ1v) is 11.4. The summed E-state index contributed by atoms with van der Waals surface area (Å²) in [5.41, 5.74) is 3.61. The molecule has 0 bridgehead atoms. The molecule has 1 N–H and O–H groups in total. The van der Waals surface area contributed by atoms with Crippen LogP contribution in [0.3, 0.4) is 0 Å². The van der Waals surface area contributed by atoms with Crippen LogP contribution in [0, 0.1) is 10.7 Å². The molecule has 0 unspecified atom stereocenters. The van der Waals surface area contributed by atoms with E-state index in [4.69, 9.17) is 17.3 Å². The Kier molecular flexibility index (Phi) is 5.94. The number of rotatable bonds is 4. The maximum Gasteiger partial charge on any atom is 0.207 e. The lowest BCUT2D eigenvalue weighted by atomic mass is 9.87. The van der Waals surface area contributed by atoms with E-state index in [2.05, 4.69) is 80.8 Å². The second-order valence-corrected chi connectivity index (χ2v) is 10.1. The molecule has 4 nitrogen and oxygen atoms in total. The number of hydrogen-bond donors (Lipinski definition) is 1. The predicted octanol–water partition coefficient (Wildman–Crippen LogP) is 4.64. The number of nitrogens with one attached hydrogen (secondary N) is 1. The quantitative estimate of drug-likeness (QED) is 0.622. The van der Waals surface area contributed by atoms with Gasteiger partial charge in [-0.25, -0.2) is 0 Å². The summed E-state index contributed by atoms with van der Waals surface area (Å²) in [4.78, 5) is 1.57. The van der Waals surface area contributed by atoms with Crippen LogP contribution in [0.25, 0.3) is 17.1 Å². The molecule has 5 heteroatoms. The number of piperidine rings is 1. The van der Waals surface area contributed by atoms with Crippen LogP contribution in [0.2, 0.25) is 0 Å². The first-order valence-electron chi connectivity index (χ1n) is 11.0. The zero-order valence-electron chi connectivity index (χ0n) is 18.6. The Bertz CT molecular complexity index is 1030. The first kappa shape index (κ1) is 21.0. The zero-order valence-corrected chi connectivity index (χ0v) is 19.4. The molecular weight excluding hydrogens is 388 g/mol. The summed E-state index contributed by atoms with van der Waals surface area (Å²) in [5.74, 6) is 1.75. The molecule has 30 heavy (non-hydrogen) atoms. The Labute approximate surface area is 185 Å². The van der Waals surface area contributed by atoms with Crippen molar-refractivity contribution in [3.8, 4) is 17.1 Å². The molecule has 1 aromatic heterocycles. The van der Waals surface area contributed by atoms with Crippen molar-refractivity contribution >= 4 is 12.2 Å². The lowest BCUT2D eigenvalue weighted by Crippen LogP contribution is -3.12. The minimum Gasteiger partial charge on any atom is -0.316 e. The van der Waals surface area contributed by atoms with Crippen molar-refractivity contribution in [2.75, 3.05) is 13.1 Å². The van der Waals surface area contributed by atoms with Crippen molar-refractivity contribution in [3.05, 3.63) is 64.9 Å². The molecule has 0 spiro atoms. The van der Waals surface area contributed by atoms with Crippen LogP contribution in [-0.4, -0.2) is 27.4 Å². The minimum absolute atomic E-state index is 0.130. The van der Waals surface area contributed by atoms with Gasteiger partial charge in [0.15, 0.2) is 12.5 Å². The summed E-state index contributed by atoms with van der Waals surface area (Å²) in [5, 5.41) is 5.02. The van der Waals surface area contributed by atoms with Gasteiger partial charge in [0.05, 0.1) is 13.1 Å². The smallest absolute Gasteiger partial charge is 0.207 e. The molecule has 3 aromatic rings. The Hall–Kier alpha value is -2.24. The number of aromatic nitrogens is 3. The average Bonchev–Trinajstić information content (AvgIpc) is 3.06. The number of nitrogens with zero attached hydrogens (tertiary/aromatic N) is 3. The molecule has 0 aliphatic carbocycles. The van der Waals surface area contributed by atoms with Gasteiger partial charge in [-0.1, -0.05) is 70.2 Å². The van der Waals surface area contributed by atoms with E-state index >= 15 is 0 Å². The number of benzene rings is 2. The summed E-state index contributed by atoms with van der Waals surface area (Å²) >= 11 is 5.92. The predicted molar refractivity (Wildman–Crippen MR) is 126 cm³/mol. The van der Waals surface area contributed by atoms with Crippen LogP contribution in [0.15, 0.2) is 54.6 Å². The third kappa shape index (κ3) is 4.42. The monoisotopic (exact) mass is 421 g/mol. The van der Waals surface area contributed by atoms with Crippen molar-refractivity contribution in [3.63, 3.8) is 0 Å². The largest absolute Gasteiger partial charge is 0.316 e. The van der Waals surface area contributed by atoms with E-state index in [1.54, 1.807) is 4.90 Å². The topological polar surface area (TPSA) is 27.2 Å². The number of quaternary nitrogens is 1. The molecule has 158 valence electrons. The maximum atomic E-state index is 5.92. The standard InChI is InChI=1S/C25H32N4S/c1-19-14-16-27(17-15-19)18-28-24(30)29(22-8-6-5-7-9-22)23(26-28)20-10-12-21(13-11-20)25(2,3)4/h5-13,19H,14-18H2,1-4H3/p+1. The van der Waals surface area contributed by atoms with Crippen LogP contribution in [0.4, 0.5) is 0 Å². The van der Waals surface area contributed by atoms with Crippen molar-refractivity contribution < 1.29 is 4.90 Å². The maximum absolute atomic E-state index is 5.92. The molecule has 1 saturated heterocycles. The molecule has 1 aliphatic rings. The van der Waals surface area contributed by atoms with Crippen LogP contribution in [0.1, 0.15) is 46.1 Å². The summed E-state index contributed by atoms with van der Waals surface area (Å²) in [6.07, 6.45) is 2.56. The minimum atomic E-state index is 0.130. The van der Waals surface area contributed by atoms with Crippen LogP contribution >= 0.6 is 12.2 Å². The van der Waals surface area contributed by atoms with Crippen molar-refractivity contribution in [2.45, 2.75) is 52.6 Å². The second kappa shape index (κ2) is 8.48. The van der Waals surface area contributed by atoms with E-state index in [1.807, 2.05) is 10.7 Å². The van der Waals surface area contributed by atoms with Crippen LogP contribution < -0.4 is 4.90 Å². The van der Waals surface area contributed by atoms with Gasteiger partial charge in [0.1, 0.15) is 0 Å². The summed E-state index contributed by atoms with van der Waals surface area (Å²) in [6, 6.07) is 19.1. The van der Waals surface area contributed by atoms with E-state index in [0.29, 0.717) is 0 Å². The highest BCUT2D eigenvalue weighted by Gasteiger charge is 2.22. The van der Waals surface area contributed by atoms with Crippen molar-refractivity contribution in [2.24, 2.45) is 5.92 Å². The van der Waals surface area contributed by atoms with Gasteiger partial charge in [0, 0.05) is 11.3 Å². The molecule has 1 aliphatic heterocycles. The molecular formula is C25H33N4S+. The van der Waals surface area contributed by atoms with E-state index in [0.717, 1.165) is 34.4 Å². The van der Waals surface area contributed by atoms with Crippen LogP contribution in [-0.2, 0) is 12.1 Å². The van der Waals surface area contributed by atoms with E-state index < -0.39 is 0 Å². The number of hydrogen-bond acceptors (Lipinski definition) is 2. The summed E-state index contributed by atoms with van der Waals surface area (Å²) in [7, 11) is 0. The van der Waals surface area contributed by atoms with Crippen LogP contribution in [0.5, 0.6) is 0 Å². The lowest BCUT2D eigenvalue weighted by Gasteiger charge is -2.26. The van der Waals surface area contributed by atoms with Gasteiger partial charge in [0.25, 0.3) is 0 Å². The van der Waals surface area contributed by atoms with E-state index in [-0.39, 0.29) is 5.41 Å². The Morgan fingerprint density at radius 3 is 2.23 bits per heavy atom. The molecule has 2 aromatic carbocycles. The zero-order chi connectivity index (χ0) is 21.3. The van der Waals surface area contributed by atoms with Gasteiger partial charge in [0.2, 0.25) is 4.77 Å². The number of para-hydroxylation sites is 1. The molecule has 0 saturated carbocycles. The second-order valence-electron chi connectivity index (χ2n) is 9.69. The third-order valence-electron chi connectivity index (χ3n) is 6.22. The van der Waals surface area contributed by atoms with Gasteiger partial charge < -0.3 is 4.90 Å². The van der Waals surface area contributed by atoms with E-state index in [1.165, 1.54) is 31.5 Å². The third-order valence-corrected chi connectivity index (χ3v) is 6.61. The van der Waals surface area contributed by atoms with Gasteiger partial charge in [-0.3, -0.25) is 4.57 Å². The Morgan fingerprint density at radius 2 is 1.63 bits per heavy atom. The molecule has 4 rings (SSSR count).